The lowest BCUT2D eigenvalue weighted by Gasteiger charge is -2.26. The molecule has 164 valence electrons. The van der Waals surface area contributed by atoms with Crippen LogP contribution in [0, 0.1) is 12.7 Å². The summed E-state index contributed by atoms with van der Waals surface area (Å²) in [5.74, 6) is -0.277. The summed E-state index contributed by atoms with van der Waals surface area (Å²) in [6.45, 7) is 4.56. The van der Waals surface area contributed by atoms with E-state index in [1.807, 2.05) is 44.1 Å². The molecule has 0 spiro atoms. The van der Waals surface area contributed by atoms with Crippen LogP contribution in [0.1, 0.15) is 23.1 Å². The highest BCUT2D eigenvalue weighted by Gasteiger charge is 2.14. The molecule has 3 aromatic rings. The van der Waals surface area contributed by atoms with Crippen molar-refractivity contribution in [3.63, 3.8) is 0 Å². The second kappa shape index (κ2) is 10.5. The summed E-state index contributed by atoms with van der Waals surface area (Å²) < 4.78 is 13.3. The molecule has 2 aromatic carbocycles. The Morgan fingerprint density at radius 3 is 2.55 bits per heavy atom. The average Bonchev–Trinajstić information content (AvgIpc) is 2.72. The van der Waals surface area contributed by atoms with Crippen LogP contribution in [0.4, 0.5) is 4.39 Å². The second-order valence-corrected chi connectivity index (χ2v) is 8.47. The third kappa shape index (κ3) is 6.60. The number of aromatic amines is 1. The van der Waals surface area contributed by atoms with Gasteiger partial charge in [-0.2, -0.15) is 0 Å². The van der Waals surface area contributed by atoms with Gasteiger partial charge in [0.05, 0.1) is 6.54 Å². The van der Waals surface area contributed by atoms with Crippen LogP contribution < -0.4 is 10.9 Å². The van der Waals surface area contributed by atoms with Gasteiger partial charge in [0.2, 0.25) is 0 Å². The normalized spacial score (nSPS) is 11.1. The molecule has 31 heavy (non-hydrogen) atoms. The van der Waals surface area contributed by atoms with Gasteiger partial charge in [0.15, 0.2) is 5.11 Å². The number of aryl methyl sites for hydroxylation is 1. The summed E-state index contributed by atoms with van der Waals surface area (Å²) >= 11 is 5.65. The Balaban J connectivity index is 1.82. The Morgan fingerprint density at radius 2 is 1.84 bits per heavy atom. The van der Waals surface area contributed by atoms with Crippen LogP contribution in [0.25, 0.3) is 10.9 Å². The van der Waals surface area contributed by atoms with Crippen LogP contribution >= 0.6 is 12.2 Å². The lowest BCUT2D eigenvalue weighted by Crippen LogP contribution is -2.40. The molecular formula is C24H29FN4OS. The molecule has 5 nitrogen and oxygen atoms in total. The standard InChI is InChI=1S/C24H29FN4OS/c1-17-5-10-22-19(13-17)14-20(23(30)27-22)16-29(15-18-6-8-21(25)9-7-18)24(31)26-11-4-12-28(2)3/h5-10,13-14H,4,11-12,15-16H2,1-3H3,(H,26,31)(H,27,30). The predicted molar refractivity (Wildman–Crippen MR) is 129 cm³/mol. The summed E-state index contributed by atoms with van der Waals surface area (Å²) in [6, 6.07) is 14.2. The zero-order valence-electron chi connectivity index (χ0n) is 18.2. The third-order valence-corrected chi connectivity index (χ3v) is 5.47. The van der Waals surface area contributed by atoms with Crippen molar-refractivity contribution >= 4 is 28.2 Å². The van der Waals surface area contributed by atoms with Gasteiger partial charge in [-0.3, -0.25) is 4.79 Å². The van der Waals surface area contributed by atoms with E-state index in [0.717, 1.165) is 41.5 Å². The van der Waals surface area contributed by atoms with E-state index < -0.39 is 0 Å². The predicted octanol–water partition coefficient (Wildman–Crippen LogP) is 3.80. The molecule has 0 radical (unpaired) electrons. The number of thiocarbonyl (C=S) groups is 1. The molecule has 0 atom stereocenters. The molecule has 0 bridgehead atoms. The lowest BCUT2D eigenvalue weighted by molar-refractivity contribution is 0.383. The maximum atomic E-state index is 13.3. The van der Waals surface area contributed by atoms with Gasteiger partial charge in [0.25, 0.3) is 5.56 Å². The molecule has 0 amide bonds. The van der Waals surface area contributed by atoms with Crippen molar-refractivity contribution in [1.82, 2.24) is 20.1 Å². The fourth-order valence-corrected chi connectivity index (χ4v) is 3.64. The van der Waals surface area contributed by atoms with Gasteiger partial charge in [0, 0.05) is 24.2 Å². The monoisotopic (exact) mass is 440 g/mol. The number of hydrogen-bond donors (Lipinski definition) is 2. The number of fused-ring (bicyclic) bond motifs is 1. The van der Waals surface area contributed by atoms with Crippen molar-refractivity contribution in [2.75, 3.05) is 27.2 Å². The van der Waals surface area contributed by atoms with E-state index in [1.165, 1.54) is 12.1 Å². The molecule has 0 unspecified atom stereocenters. The number of nitrogens with zero attached hydrogens (tertiary/aromatic N) is 2. The molecule has 1 aromatic heterocycles. The third-order valence-electron chi connectivity index (χ3n) is 5.07. The molecule has 0 aliphatic heterocycles. The van der Waals surface area contributed by atoms with Crippen molar-refractivity contribution in [1.29, 1.82) is 0 Å². The minimum atomic E-state index is -0.277. The van der Waals surface area contributed by atoms with Gasteiger partial charge in [-0.15, -0.1) is 0 Å². The van der Waals surface area contributed by atoms with E-state index in [9.17, 15) is 9.18 Å². The van der Waals surface area contributed by atoms with Crippen LogP contribution in [-0.2, 0) is 13.1 Å². The first kappa shape index (κ1) is 22.9. The topological polar surface area (TPSA) is 51.4 Å². The summed E-state index contributed by atoms with van der Waals surface area (Å²) in [4.78, 5) is 19.7. The van der Waals surface area contributed by atoms with E-state index in [2.05, 4.69) is 21.3 Å². The van der Waals surface area contributed by atoms with Crippen molar-refractivity contribution in [3.8, 4) is 0 Å². The highest BCUT2D eigenvalue weighted by molar-refractivity contribution is 7.80. The molecule has 0 aliphatic carbocycles. The maximum Gasteiger partial charge on any atom is 0.253 e. The van der Waals surface area contributed by atoms with Crippen molar-refractivity contribution in [2.24, 2.45) is 0 Å². The highest BCUT2D eigenvalue weighted by atomic mass is 32.1. The number of nitrogens with one attached hydrogen (secondary N) is 2. The Labute approximate surface area is 187 Å². The summed E-state index contributed by atoms with van der Waals surface area (Å²) in [7, 11) is 4.07. The Bertz CT molecular complexity index is 1090. The molecule has 0 saturated carbocycles. The molecule has 0 saturated heterocycles. The number of H-pyrrole nitrogens is 1. The number of rotatable bonds is 8. The first-order chi connectivity index (χ1) is 14.8. The van der Waals surface area contributed by atoms with Gasteiger partial charge < -0.3 is 20.1 Å². The van der Waals surface area contributed by atoms with Gasteiger partial charge in [0.1, 0.15) is 5.82 Å². The van der Waals surface area contributed by atoms with Crippen molar-refractivity contribution in [3.05, 3.63) is 81.4 Å². The SMILES string of the molecule is Cc1ccc2[nH]c(=O)c(CN(Cc3ccc(F)cc3)C(=S)NCCCN(C)C)cc2c1. The van der Waals surface area contributed by atoms with E-state index in [1.54, 1.807) is 12.1 Å². The molecule has 7 heteroatoms. The second-order valence-electron chi connectivity index (χ2n) is 8.09. The number of aromatic nitrogens is 1. The smallest absolute Gasteiger partial charge is 0.253 e. The minimum Gasteiger partial charge on any atom is -0.363 e. The van der Waals surface area contributed by atoms with Gasteiger partial charge in [-0.1, -0.05) is 23.8 Å². The zero-order chi connectivity index (χ0) is 22.4. The average molecular weight is 441 g/mol. The van der Waals surface area contributed by atoms with Crippen LogP contribution in [0.15, 0.2) is 53.3 Å². The van der Waals surface area contributed by atoms with E-state index in [0.29, 0.717) is 23.8 Å². The highest BCUT2D eigenvalue weighted by Crippen LogP contribution is 2.15. The van der Waals surface area contributed by atoms with E-state index >= 15 is 0 Å². The summed E-state index contributed by atoms with van der Waals surface area (Å²) in [5.41, 5.74) is 3.38. The number of benzene rings is 2. The molecule has 0 fully saturated rings. The molecule has 2 N–H and O–H groups in total. The van der Waals surface area contributed by atoms with Crippen LogP contribution in [0.3, 0.4) is 0 Å². The molecular weight excluding hydrogens is 411 g/mol. The lowest BCUT2D eigenvalue weighted by atomic mass is 10.1. The van der Waals surface area contributed by atoms with Crippen LogP contribution in [0.5, 0.6) is 0 Å². The molecule has 0 aliphatic rings. The first-order valence-electron chi connectivity index (χ1n) is 10.4. The largest absolute Gasteiger partial charge is 0.363 e. The minimum absolute atomic E-state index is 0.129. The fraction of sp³-hybridized carbons (Fsp3) is 0.333. The van der Waals surface area contributed by atoms with Crippen LogP contribution in [-0.4, -0.2) is 47.1 Å². The van der Waals surface area contributed by atoms with Gasteiger partial charge in [-0.25, -0.2) is 4.39 Å². The van der Waals surface area contributed by atoms with Gasteiger partial charge >= 0.3 is 0 Å². The number of halogens is 1. The van der Waals surface area contributed by atoms with Crippen molar-refractivity contribution in [2.45, 2.75) is 26.4 Å². The summed E-state index contributed by atoms with van der Waals surface area (Å²) in [5, 5.41) is 4.86. The number of hydrogen-bond acceptors (Lipinski definition) is 3. The maximum absolute atomic E-state index is 13.3. The van der Waals surface area contributed by atoms with E-state index in [-0.39, 0.29) is 11.4 Å². The quantitative estimate of drug-likeness (QED) is 0.412. The fourth-order valence-electron chi connectivity index (χ4n) is 3.41. The summed E-state index contributed by atoms with van der Waals surface area (Å²) in [6.07, 6.45) is 0.952. The van der Waals surface area contributed by atoms with Crippen LogP contribution in [0.2, 0.25) is 0 Å². The Morgan fingerprint density at radius 1 is 1.10 bits per heavy atom. The van der Waals surface area contributed by atoms with E-state index in [4.69, 9.17) is 12.2 Å². The number of pyridine rings is 1. The zero-order valence-corrected chi connectivity index (χ0v) is 19.1. The first-order valence-corrected chi connectivity index (χ1v) is 10.8. The Hall–Kier alpha value is -2.77. The molecule has 1 heterocycles. The van der Waals surface area contributed by atoms with Gasteiger partial charge in [-0.05, 0) is 87.5 Å². The Kier molecular flexibility index (Phi) is 7.76. The molecule has 3 rings (SSSR count). The van der Waals surface area contributed by atoms with Crippen molar-refractivity contribution < 1.29 is 4.39 Å².